The smallest absolute Gasteiger partial charge is 0.371 e. The van der Waals surface area contributed by atoms with Gasteiger partial charge in [-0.3, -0.25) is 0 Å². The molecule has 2 aromatic carbocycles. The summed E-state index contributed by atoms with van der Waals surface area (Å²) < 4.78 is 153. The second-order valence-corrected chi connectivity index (χ2v) is 14.8. The summed E-state index contributed by atoms with van der Waals surface area (Å²) in [6.45, 7) is 5.40. The number of rotatable bonds is 9. The molecule has 0 aliphatic carbocycles. The molecule has 4 rings (SSSR count). The molecule has 0 N–H and O–H groups in total. The molecule has 1 fully saturated rings. The van der Waals surface area contributed by atoms with Crippen molar-refractivity contribution < 1.29 is 52.7 Å². The van der Waals surface area contributed by atoms with Gasteiger partial charge in [-0.2, -0.15) is 39.5 Å². The molecule has 2 heterocycles. The molecule has 17 heteroatoms. The highest BCUT2D eigenvalue weighted by Gasteiger charge is 2.39. The van der Waals surface area contributed by atoms with E-state index in [0.717, 1.165) is 31.2 Å². The zero-order valence-electron chi connectivity index (χ0n) is 27.1. The predicted octanol–water partition coefficient (Wildman–Crippen LogP) is 7.80. The Morgan fingerprint density at radius 2 is 1.47 bits per heavy atom. The molecule has 0 amide bonds. The summed E-state index contributed by atoms with van der Waals surface area (Å²) in [7, 11) is -3.36. The largest absolute Gasteiger partial charge is 0.416 e. The Labute approximate surface area is 278 Å². The predicted molar refractivity (Wildman–Crippen MR) is 167 cm³/mol. The molecule has 2 aromatic rings. The first-order chi connectivity index (χ1) is 22.5. The lowest BCUT2D eigenvalue weighted by Crippen LogP contribution is -2.40. The average Bonchev–Trinajstić information content (AvgIpc) is 2.98. The quantitative estimate of drug-likeness (QED) is 0.247. The third-order valence-electron chi connectivity index (χ3n) is 8.58. The van der Waals surface area contributed by atoms with Gasteiger partial charge in [-0.25, -0.2) is 18.4 Å². The van der Waals surface area contributed by atoms with Gasteiger partial charge < -0.3 is 14.5 Å². The average molecular weight is 729 g/mol. The van der Waals surface area contributed by atoms with E-state index in [2.05, 4.69) is 16.9 Å². The van der Waals surface area contributed by atoms with E-state index in [1.165, 1.54) is 24.1 Å². The molecule has 2 aliphatic rings. The number of halogens is 9. The van der Waals surface area contributed by atoms with Gasteiger partial charge in [0.05, 0.1) is 41.1 Å². The minimum Gasteiger partial charge on any atom is -0.371 e. The number of sulfone groups is 1. The molecule has 0 radical (unpaired) electrons. The van der Waals surface area contributed by atoms with Crippen LogP contribution in [0.3, 0.4) is 0 Å². The maximum atomic E-state index is 14.0. The Morgan fingerprint density at radius 3 is 1.98 bits per heavy atom. The van der Waals surface area contributed by atoms with Gasteiger partial charge in [-0.1, -0.05) is 6.92 Å². The number of hydrogen-bond donors (Lipinski definition) is 0. The van der Waals surface area contributed by atoms with Gasteiger partial charge in [0.2, 0.25) is 5.96 Å². The van der Waals surface area contributed by atoms with Crippen LogP contribution in [0.1, 0.15) is 67.5 Å². The molecule has 0 bridgehead atoms. The lowest BCUT2D eigenvalue weighted by molar-refractivity contribution is -0.143. The fourth-order valence-corrected chi connectivity index (χ4v) is 6.03. The fourth-order valence-electron chi connectivity index (χ4n) is 5.63. The Kier molecular flexibility index (Phi) is 11.4. The van der Waals surface area contributed by atoms with Crippen molar-refractivity contribution in [1.82, 2.24) is 4.90 Å². The van der Waals surface area contributed by atoms with Crippen molar-refractivity contribution in [1.29, 1.82) is 0 Å². The SMILES string of the molecule is CC1CCN(c2ccc(C(F)(F)F)cc2CN(C2=NC(C)C(OCCS(C)(=O)=O)C=N2)C(C)c2cc(C(F)(F)F)cc(C(F)(F)F)c2)CC1. The number of anilines is 1. The highest BCUT2D eigenvalue weighted by Crippen LogP contribution is 2.40. The van der Waals surface area contributed by atoms with E-state index in [1.807, 2.05) is 4.90 Å². The van der Waals surface area contributed by atoms with Crippen molar-refractivity contribution in [3.8, 4) is 0 Å². The minimum absolute atomic E-state index is 0.000387. The van der Waals surface area contributed by atoms with Crippen LogP contribution in [0.5, 0.6) is 0 Å². The second kappa shape index (κ2) is 14.5. The second-order valence-electron chi connectivity index (χ2n) is 12.6. The molecule has 272 valence electrons. The van der Waals surface area contributed by atoms with Gasteiger partial charge in [0, 0.05) is 37.8 Å². The maximum Gasteiger partial charge on any atom is 0.416 e. The Morgan fingerprint density at radius 1 is 0.898 bits per heavy atom. The minimum atomic E-state index is -5.13. The van der Waals surface area contributed by atoms with Gasteiger partial charge >= 0.3 is 18.5 Å². The van der Waals surface area contributed by atoms with E-state index >= 15 is 0 Å². The van der Waals surface area contributed by atoms with Crippen LogP contribution in [0.15, 0.2) is 46.4 Å². The Hall–Kier alpha value is -3.34. The molecule has 0 spiro atoms. The molecule has 1 saturated heterocycles. The lowest BCUT2D eigenvalue weighted by atomic mass is 9.96. The number of alkyl halides is 9. The fraction of sp³-hybridized carbons (Fsp3) is 0.562. The van der Waals surface area contributed by atoms with Crippen LogP contribution in [0.2, 0.25) is 0 Å². The first kappa shape index (κ1) is 38.5. The summed E-state index contributed by atoms with van der Waals surface area (Å²) in [6, 6.07) is 2.26. The van der Waals surface area contributed by atoms with Crippen LogP contribution >= 0.6 is 0 Å². The summed E-state index contributed by atoms with van der Waals surface area (Å²) in [5, 5.41) is 0. The van der Waals surface area contributed by atoms with Crippen molar-refractivity contribution in [2.75, 3.05) is 36.6 Å². The number of ether oxygens (including phenoxy) is 1. The Balaban J connectivity index is 1.82. The van der Waals surface area contributed by atoms with Crippen molar-refractivity contribution in [2.24, 2.45) is 15.9 Å². The van der Waals surface area contributed by atoms with Crippen LogP contribution < -0.4 is 4.90 Å². The summed E-state index contributed by atoms with van der Waals surface area (Å²) in [6.07, 6.45) is -12.0. The van der Waals surface area contributed by atoms with Gasteiger partial charge in [0.15, 0.2) is 0 Å². The van der Waals surface area contributed by atoms with E-state index in [1.54, 1.807) is 6.92 Å². The Bertz CT molecular complexity index is 1620. The summed E-state index contributed by atoms with van der Waals surface area (Å²) >= 11 is 0. The molecule has 0 aromatic heterocycles. The number of guanidine groups is 1. The number of benzene rings is 2. The van der Waals surface area contributed by atoms with E-state index in [0.29, 0.717) is 36.8 Å². The van der Waals surface area contributed by atoms with Crippen molar-refractivity contribution in [3.05, 3.63) is 64.2 Å². The van der Waals surface area contributed by atoms with Crippen molar-refractivity contribution >= 4 is 27.7 Å². The number of piperidine rings is 1. The summed E-state index contributed by atoms with van der Waals surface area (Å²) in [5.41, 5.74) is -3.94. The normalized spacial score (nSPS) is 20.3. The zero-order chi connectivity index (χ0) is 36.5. The monoisotopic (exact) mass is 728 g/mol. The van der Waals surface area contributed by atoms with Gasteiger partial charge in [0.1, 0.15) is 15.9 Å². The number of nitrogens with zero attached hydrogens (tertiary/aromatic N) is 4. The van der Waals surface area contributed by atoms with Gasteiger partial charge in [-0.15, -0.1) is 0 Å². The third kappa shape index (κ3) is 10.1. The van der Waals surface area contributed by atoms with Crippen LogP contribution in [-0.4, -0.2) is 69.3 Å². The molecular formula is C32H37F9N4O3S. The van der Waals surface area contributed by atoms with Crippen molar-refractivity contribution in [2.45, 2.75) is 76.9 Å². The van der Waals surface area contributed by atoms with Crippen LogP contribution in [0.25, 0.3) is 0 Å². The zero-order valence-corrected chi connectivity index (χ0v) is 27.9. The molecule has 7 nitrogen and oxygen atoms in total. The molecule has 0 saturated carbocycles. The number of aliphatic imine (C=N–C) groups is 2. The van der Waals surface area contributed by atoms with Crippen molar-refractivity contribution in [3.63, 3.8) is 0 Å². The van der Waals surface area contributed by atoms with E-state index in [9.17, 15) is 47.9 Å². The topological polar surface area (TPSA) is 74.6 Å². The summed E-state index contributed by atoms with van der Waals surface area (Å²) in [5.74, 6) is -0.0759. The van der Waals surface area contributed by atoms with Crippen LogP contribution in [-0.2, 0) is 39.6 Å². The first-order valence-electron chi connectivity index (χ1n) is 15.5. The van der Waals surface area contributed by atoms with Gasteiger partial charge in [-0.05, 0) is 80.1 Å². The van der Waals surface area contributed by atoms with Crippen LogP contribution in [0, 0.1) is 5.92 Å². The molecule has 2 aliphatic heterocycles. The molecule has 49 heavy (non-hydrogen) atoms. The number of hydrogen-bond acceptors (Lipinski definition) is 7. The first-order valence-corrected chi connectivity index (χ1v) is 17.5. The van der Waals surface area contributed by atoms with Gasteiger partial charge in [0.25, 0.3) is 0 Å². The highest BCUT2D eigenvalue weighted by molar-refractivity contribution is 7.90. The van der Waals surface area contributed by atoms with E-state index in [4.69, 9.17) is 4.74 Å². The maximum absolute atomic E-state index is 14.0. The third-order valence-corrected chi connectivity index (χ3v) is 9.49. The lowest BCUT2D eigenvalue weighted by Gasteiger charge is -2.37. The standard InChI is InChI=1S/C32H37F9N4O3S/c1-19-7-9-44(10-8-19)27-6-5-24(30(33,34)35)15-23(27)18-45(29-42-17-28(20(2)43-29)48-11-12-49(4,46)47)21(3)22-13-25(31(36,37)38)16-26(14-22)32(39,40)41/h5-6,13-17,19-21,28H,7-12,18H2,1-4H3. The molecular weight excluding hydrogens is 691 g/mol. The van der Waals surface area contributed by atoms with E-state index in [-0.39, 0.29) is 29.9 Å². The molecule has 3 unspecified atom stereocenters. The summed E-state index contributed by atoms with van der Waals surface area (Å²) in [4.78, 5) is 11.9. The van der Waals surface area contributed by atoms with Crippen LogP contribution in [0.4, 0.5) is 45.2 Å². The highest BCUT2D eigenvalue weighted by atomic mass is 32.2. The van der Waals surface area contributed by atoms with E-state index < -0.39 is 75.4 Å². The molecule has 3 atom stereocenters.